The van der Waals surface area contributed by atoms with Gasteiger partial charge < -0.3 is 15.4 Å². The molecule has 8 heteroatoms. The number of unbranched alkanes of at least 4 members (excludes halogenated alkanes) is 1. The Morgan fingerprint density at radius 3 is 2.71 bits per heavy atom. The lowest BCUT2D eigenvalue weighted by atomic mass is 10.2. The molecule has 0 aliphatic rings. The van der Waals surface area contributed by atoms with E-state index in [2.05, 4.69) is 15.3 Å². The molecule has 8 nitrogen and oxygen atoms in total. The van der Waals surface area contributed by atoms with Crippen molar-refractivity contribution in [2.24, 2.45) is 7.05 Å². The van der Waals surface area contributed by atoms with E-state index in [1.54, 1.807) is 21.0 Å². The van der Waals surface area contributed by atoms with Crippen molar-refractivity contribution in [2.45, 2.75) is 38.8 Å². The van der Waals surface area contributed by atoms with Crippen molar-refractivity contribution < 1.29 is 5.11 Å². The van der Waals surface area contributed by atoms with Gasteiger partial charge in [0.25, 0.3) is 5.56 Å². The fourth-order valence-electron chi connectivity index (χ4n) is 2.27. The molecule has 1 atom stereocenters. The standard InChI is InChI=1S/C13H21N5O3/c1-8(19)6-4-5-7-18-11(20)9-10(17(3)13(18)21)16-12(14-2)15-9/h8,19H,4-7H2,1-3H3,(H2,14,15,16). The van der Waals surface area contributed by atoms with Crippen LogP contribution in [0.4, 0.5) is 5.95 Å². The molecule has 2 rings (SSSR count). The zero-order valence-corrected chi connectivity index (χ0v) is 12.5. The maximum atomic E-state index is 12.4. The Balaban J connectivity index is 2.35. The maximum absolute atomic E-state index is 12.4. The molecule has 0 spiro atoms. The lowest BCUT2D eigenvalue weighted by Gasteiger charge is -2.08. The molecular formula is C13H21N5O3. The molecule has 0 saturated carbocycles. The van der Waals surface area contributed by atoms with Crippen LogP contribution in [0.5, 0.6) is 0 Å². The van der Waals surface area contributed by atoms with Crippen LogP contribution in [0.15, 0.2) is 9.59 Å². The van der Waals surface area contributed by atoms with Gasteiger partial charge in [0.05, 0.1) is 6.10 Å². The molecule has 0 aliphatic heterocycles. The molecule has 21 heavy (non-hydrogen) atoms. The van der Waals surface area contributed by atoms with Crippen LogP contribution in [-0.2, 0) is 13.6 Å². The number of anilines is 1. The number of H-pyrrole nitrogens is 1. The van der Waals surface area contributed by atoms with Gasteiger partial charge in [-0.25, -0.2) is 4.79 Å². The van der Waals surface area contributed by atoms with Crippen molar-refractivity contribution >= 4 is 17.1 Å². The summed E-state index contributed by atoms with van der Waals surface area (Å²) in [5, 5.41) is 12.0. The molecule has 2 aromatic rings. The van der Waals surface area contributed by atoms with Crippen LogP contribution in [0, 0.1) is 0 Å². The number of aromatic nitrogens is 4. The van der Waals surface area contributed by atoms with Crippen molar-refractivity contribution in [1.82, 2.24) is 19.1 Å². The minimum Gasteiger partial charge on any atom is -0.393 e. The third-order valence-corrected chi connectivity index (χ3v) is 3.47. The van der Waals surface area contributed by atoms with Crippen LogP contribution in [0.25, 0.3) is 11.2 Å². The van der Waals surface area contributed by atoms with Gasteiger partial charge in [-0.1, -0.05) is 0 Å². The van der Waals surface area contributed by atoms with Gasteiger partial charge in [-0.3, -0.25) is 13.9 Å². The summed E-state index contributed by atoms with van der Waals surface area (Å²) < 4.78 is 2.57. The highest BCUT2D eigenvalue weighted by molar-refractivity contribution is 5.72. The lowest BCUT2D eigenvalue weighted by Crippen LogP contribution is -2.39. The number of nitrogens with zero attached hydrogens (tertiary/aromatic N) is 3. The van der Waals surface area contributed by atoms with Crippen molar-refractivity contribution in [3.8, 4) is 0 Å². The number of rotatable bonds is 6. The number of imidazole rings is 1. The second-order valence-corrected chi connectivity index (χ2v) is 5.18. The average molecular weight is 295 g/mol. The van der Waals surface area contributed by atoms with E-state index in [1.807, 2.05) is 0 Å². The number of nitrogens with one attached hydrogen (secondary N) is 2. The number of aliphatic hydroxyl groups is 1. The highest BCUT2D eigenvalue weighted by Crippen LogP contribution is 2.08. The molecule has 116 valence electrons. The van der Waals surface area contributed by atoms with Crippen LogP contribution in [0.1, 0.15) is 26.2 Å². The Kier molecular flexibility index (Phi) is 4.46. The second-order valence-electron chi connectivity index (χ2n) is 5.18. The summed E-state index contributed by atoms with van der Waals surface area (Å²) >= 11 is 0. The van der Waals surface area contributed by atoms with E-state index in [1.165, 1.54) is 9.13 Å². The summed E-state index contributed by atoms with van der Waals surface area (Å²) in [6.07, 6.45) is 1.72. The smallest absolute Gasteiger partial charge is 0.332 e. The Morgan fingerprint density at radius 2 is 2.10 bits per heavy atom. The van der Waals surface area contributed by atoms with Crippen molar-refractivity contribution in [3.63, 3.8) is 0 Å². The molecule has 0 aliphatic carbocycles. The van der Waals surface area contributed by atoms with Gasteiger partial charge >= 0.3 is 5.69 Å². The summed E-state index contributed by atoms with van der Waals surface area (Å²) in [7, 11) is 3.28. The van der Waals surface area contributed by atoms with Gasteiger partial charge in [0.1, 0.15) is 0 Å². The number of aromatic amines is 1. The minimum atomic E-state index is -0.376. The predicted octanol–water partition coefficient (Wildman–Crippen LogP) is 0.0161. The van der Waals surface area contributed by atoms with E-state index in [-0.39, 0.29) is 17.4 Å². The lowest BCUT2D eigenvalue weighted by molar-refractivity contribution is 0.180. The summed E-state index contributed by atoms with van der Waals surface area (Å²) in [4.78, 5) is 31.6. The Bertz CT molecular complexity index is 741. The quantitative estimate of drug-likeness (QED) is 0.651. The zero-order chi connectivity index (χ0) is 15.6. The molecule has 0 bridgehead atoms. The first-order valence-corrected chi connectivity index (χ1v) is 7.01. The van der Waals surface area contributed by atoms with E-state index in [0.29, 0.717) is 36.5 Å². The SMILES string of the molecule is CNc1nc2c([nH]1)c(=O)n(CCCCC(C)O)c(=O)n2C. The molecule has 0 amide bonds. The number of aliphatic hydroxyl groups excluding tert-OH is 1. The number of fused-ring (bicyclic) bond motifs is 1. The molecule has 2 heterocycles. The van der Waals surface area contributed by atoms with Gasteiger partial charge in [0, 0.05) is 20.6 Å². The van der Waals surface area contributed by atoms with E-state index in [4.69, 9.17) is 0 Å². The van der Waals surface area contributed by atoms with Gasteiger partial charge in [-0.2, -0.15) is 4.98 Å². The minimum absolute atomic E-state index is 0.317. The Morgan fingerprint density at radius 1 is 1.38 bits per heavy atom. The topological polar surface area (TPSA) is 105 Å². The van der Waals surface area contributed by atoms with E-state index in [9.17, 15) is 14.7 Å². The Hall–Kier alpha value is -2.09. The molecular weight excluding hydrogens is 274 g/mol. The van der Waals surface area contributed by atoms with Crippen LogP contribution >= 0.6 is 0 Å². The molecule has 2 aromatic heterocycles. The third kappa shape index (κ3) is 2.99. The highest BCUT2D eigenvalue weighted by Gasteiger charge is 2.14. The fraction of sp³-hybridized carbons (Fsp3) is 0.615. The largest absolute Gasteiger partial charge is 0.393 e. The van der Waals surface area contributed by atoms with Gasteiger partial charge in [-0.15, -0.1) is 0 Å². The van der Waals surface area contributed by atoms with Gasteiger partial charge in [0.15, 0.2) is 11.2 Å². The summed E-state index contributed by atoms with van der Waals surface area (Å²) in [5.74, 6) is 0.448. The predicted molar refractivity (Wildman–Crippen MR) is 80.7 cm³/mol. The first-order chi connectivity index (χ1) is 9.95. The zero-order valence-electron chi connectivity index (χ0n) is 12.5. The van der Waals surface area contributed by atoms with Crippen LogP contribution < -0.4 is 16.6 Å². The van der Waals surface area contributed by atoms with Gasteiger partial charge in [0.2, 0.25) is 5.95 Å². The molecule has 1 unspecified atom stereocenters. The third-order valence-electron chi connectivity index (χ3n) is 3.47. The van der Waals surface area contributed by atoms with Crippen molar-refractivity contribution in [3.05, 3.63) is 20.8 Å². The first kappa shape index (κ1) is 15.3. The summed E-state index contributed by atoms with van der Waals surface area (Å²) in [5.41, 5.74) is -0.0793. The average Bonchev–Trinajstić information content (AvgIpc) is 2.88. The monoisotopic (exact) mass is 295 g/mol. The molecule has 0 fully saturated rings. The van der Waals surface area contributed by atoms with E-state index >= 15 is 0 Å². The van der Waals surface area contributed by atoms with Crippen LogP contribution in [-0.4, -0.2) is 37.4 Å². The van der Waals surface area contributed by atoms with E-state index < -0.39 is 0 Å². The normalized spacial score (nSPS) is 12.8. The summed E-state index contributed by atoms with van der Waals surface area (Å²) in [6, 6.07) is 0. The number of hydrogen-bond acceptors (Lipinski definition) is 5. The van der Waals surface area contributed by atoms with E-state index in [0.717, 1.165) is 6.42 Å². The maximum Gasteiger partial charge on any atom is 0.332 e. The summed E-state index contributed by atoms with van der Waals surface area (Å²) in [6.45, 7) is 2.06. The number of aryl methyl sites for hydroxylation is 1. The molecule has 3 N–H and O–H groups in total. The van der Waals surface area contributed by atoms with Crippen molar-refractivity contribution in [2.75, 3.05) is 12.4 Å². The molecule has 0 radical (unpaired) electrons. The fourth-order valence-corrected chi connectivity index (χ4v) is 2.27. The second kappa shape index (κ2) is 6.13. The van der Waals surface area contributed by atoms with Gasteiger partial charge in [-0.05, 0) is 26.2 Å². The van der Waals surface area contributed by atoms with Crippen LogP contribution in [0.2, 0.25) is 0 Å². The Labute approximate surface area is 121 Å². The number of hydrogen-bond donors (Lipinski definition) is 3. The molecule has 0 aromatic carbocycles. The van der Waals surface area contributed by atoms with Crippen LogP contribution in [0.3, 0.4) is 0 Å². The van der Waals surface area contributed by atoms with Crippen molar-refractivity contribution in [1.29, 1.82) is 0 Å². The highest BCUT2D eigenvalue weighted by atomic mass is 16.3. The first-order valence-electron chi connectivity index (χ1n) is 7.01. The molecule has 0 saturated heterocycles.